The van der Waals surface area contributed by atoms with Crippen LogP contribution in [0.5, 0.6) is 11.5 Å². The maximum absolute atomic E-state index is 9.31. The van der Waals surface area contributed by atoms with Crippen LogP contribution in [0, 0.1) is 0 Å². The number of hydrogen-bond acceptors (Lipinski definition) is 7. The second kappa shape index (κ2) is 4.87. The first-order valence-corrected chi connectivity index (χ1v) is 6.97. The van der Waals surface area contributed by atoms with Crippen LogP contribution < -0.4 is 15.2 Å². The zero-order valence-corrected chi connectivity index (χ0v) is 11.7. The number of aromatic nitrogens is 2. The predicted molar refractivity (Wildman–Crippen MR) is 78.4 cm³/mol. The van der Waals surface area contributed by atoms with Gasteiger partial charge in [-0.05, 0) is 18.4 Å². The van der Waals surface area contributed by atoms with Crippen molar-refractivity contribution in [3.05, 3.63) is 41.2 Å². The molecule has 0 bridgehead atoms. The fourth-order valence-corrected chi connectivity index (χ4v) is 3.07. The molecule has 22 heavy (non-hydrogen) atoms. The van der Waals surface area contributed by atoms with Gasteiger partial charge in [0.1, 0.15) is 0 Å². The number of nitrogens with two attached hydrogens (primary N) is 1. The van der Waals surface area contributed by atoms with Crippen LogP contribution in [0.1, 0.15) is 29.2 Å². The number of nitrogens with zero attached hydrogens (tertiary/aromatic N) is 3. The lowest BCUT2D eigenvalue weighted by Gasteiger charge is -2.25. The average molecular weight is 298 g/mol. The maximum Gasteiger partial charge on any atom is 0.231 e. The maximum atomic E-state index is 9.31. The summed E-state index contributed by atoms with van der Waals surface area (Å²) in [5, 5.41) is 12.7. The number of nitrogen functional groups attached to an aromatic ring is 1. The summed E-state index contributed by atoms with van der Waals surface area (Å²) in [7, 11) is 0. The molecule has 0 fully saturated rings. The van der Waals surface area contributed by atoms with Crippen LogP contribution in [0.25, 0.3) is 0 Å². The van der Waals surface area contributed by atoms with Crippen molar-refractivity contribution in [2.24, 2.45) is 5.16 Å². The van der Waals surface area contributed by atoms with Crippen LogP contribution in [-0.2, 0) is 6.42 Å². The minimum absolute atomic E-state index is 0.0874. The SMILES string of the molecule is Nc1ncc2c(n1)CC(c1cccc3c1OCO3)CC2=NO. The van der Waals surface area contributed by atoms with E-state index >= 15 is 0 Å². The van der Waals surface area contributed by atoms with Gasteiger partial charge in [-0.2, -0.15) is 0 Å². The van der Waals surface area contributed by atoms with Gasteiger partial charge in [-0.15, -0.1) is 0 Å². The Bertz CT molecular complexity index is 775. The topological polar surface area (TPSA) is 103 Å². The fourth-order valence-electron chi connectivity index (χ4n) is 3.07. The molecule has 1 aromatic heterocycles. The first-order valence-electron chi connectivity index (χ1n) is 6.97. The van der Waals surface area contributed by atoms with E-state index in [2.05, 4.69) is 15.1 Å². The predicted octanol–water partition coefficient (Wildman–Crippen LogP) is 1.70. The van der Waals surface area contributed by atoms with Gasteiger partial charge in [0.25, 0.3) is 0 Å². The zero-order chi connectivity index (χ0) is 15.1. The standard InChI is InChI=1S/C15H14N4O3/c16-15-17-6-10-11(18-15)4-8(5-12(10)19-20)9-2-1-3-13-14(9)22-7-21-13/h1-3,6,8,20H,4-5,7H2,(H2,16,17,18). The number of ether oxygens (including phenoxy) is 2. The Balaban J connectivity index is 1.78. The molecule has 3 N–H and O–H groups in total. The number of rotatable bonds is 1. The van der Waals surface area contributed by atoms with Gasteiger partial charge < -0.3 is 20.4 Å². The molecule has 2 heterocycles. The second-order valence-corrected chi connectivity index (χ2v) is 5.32. The number of oxime groups is 1. The van der Waals surface area contributed by atoms with Crippen molar-refractivity contribution in [2.45, 2.75) is 18.8 Å². The van der Waals surface area contributed by atoms with Gasteiger partial charge in [0.2, 0.25) is 12.7 Å². The van der Waals surface area contributed by atoms with Gasteiger partial charge >= 0.3 is 0 Å². The summed E-state index contributed by atoms with van der Waals surface area (Å²) < 4.78 is 11.0. The lowest BCUT2D eigenvalue weighted by molar-refractivity contribution is 0.173. The van der Waals surface area contributed by atoms with Crippen LogP contribution in [0.4, 0.5) is 5.95 Å². The van der Waals surface area contributed by atoms with Crippen molar-refractivity contribution in [3.63, 3.8) is 0 Å². The van der Waals surface area contributed by atoms with Gasteiger partial charge in [0.15, 0.2) is 11.5 Å². The number of anilines is 1. The third kappa shape index (κ3) is 1.93. The monoisotopic (exact) mass is 298 g/mol. The van der Waals surface area contributed by atoms with Crippen LogP contribution in [0.3, 0.4) is 0 Å². The Morgan fingerprint density at radius 2 is 2.18 bits per heavy atom. The van der Waals surface area contributed by atoms with E-state index in [1.54, 1.807) is 6.20 Å². The lowest BCUT2D eigenvalue weighted by atomic mass is 9.81. The summed E-state index contributed by atoms with van der Waals surface area (Å²) in [6.07, 6.45) is 2.87. The molecule has 0 amide bonds. The minimum Gasteiger partial charge on any atom is -0.454 e. The molecule has 0 spiro atoms. The van der Waals surface area contributed by atoms with E-state index in [0.29, 0.717) is 18.6 Å². The summed E-state index contributed by atoms with van der Waals surface area (Å²) >= 11 is 0. The molecule has 2 aromatic rings. The summed E-state index contributed by atoms with van der Waals surface area (Å²) in [5.41, 5.74) is 8.79. The summed E-state index contributed by atoms with van der Waals surface area (Å²) in [6.45, 7) is 0.228. The Morgan fingerprint density at radius 3 is 3.05 bits per heavy atom. The normalized spacial score (nSPS) is 20.9. The van der Waals surface area contributed by atoms with Gasteiger partial charge in [0, 0.05) is 23.7 Å². The number of para-hydroxylation sites is 1. The third-order valence-corrected chi connectivity index (χ3v) is 4.06. The van der Waals surface area contributed by atoms with Gasteiger partial charge in [0.05, 0.1) is 11.4 Å². The van der Waals surface area contributed by atoms with E-state index < -0.39 is 0 Å². The fraction of sp³-hybridized carbons (Fsp3) is 0.267. The highest BCUT2D eigenvalue weighted by atomic mass is 16.7. The van der Waals surface area contributed by atoms with Gasteiger partial charge in [-0.3, -0.25) is 0 Å². The Hall–Kier alpha value is -2.83. The van der Waals surface area contributed by atoms with Crippen molar-refractivity contribution >= 4 is 11.7 Å². The van der Waals surface area contributed by atoms with E-state index in [0.717, 1.165) is 28.3 Å². The van der Waals surface area contributed by atoms with Crippen molar-refractivity contribution in [2.75, 3.05) is 12.5 Å². The zero-order valence-electron chi connectivity index (χ0n) is 11.7. The Kier molecular flexibility index (Phi) is 2.85. The molecular formula is C15H14N4O3. The van der Waals surface area contributed by atoms with Crippen molar-refractivity contribution in [1.82, 2.24) is 9.97 Å². The van der Waals surface area contributed by atoms with E-state index in [4.69, 9.17) is 15.2 Å². The van der Waals surface area contributed by atoms with Gasteiger partial charge in [-0.1, -0.05) is 17.3 Å². The molecule has 0 saturated heterocycles. The molecular weight excluding hydrogens is 284 g/mol. The summed E-state index contributed by atoms with van der Waals surface area (Å²) in [6, 6.07) is 5.81. The molecule has 1 atom stereocenters. The van der Waals surface area contributed by atoms with E-state index in [-0.39, 0.29) is 18.7 Å². The first kappa shape index (κ1) is 12.9. The van der Waals surface area contributed by atoms with Crippen LogP contribution in [-0.4, -0.2) is 27.7 Å². The van der Waals surface area contributed by atoms with Crippen molar-refractivity contribution < 1.29 is 14.7 Å². The minimum atomic E-state index is 0.0874. The summed E-state index contributed by atoms with van der Waals surface area (Å²) in [5.74, 6) is 1.81. The molecule has 7 nitrogen and oxygen atoms in total. The first-order chi connectivity index (χ1) is 10.8. The molecule has 0 radical (unpaired) electrons. The highest BCUT2D eigenvalue weighted by molar-refractivity contribution is 6.02. The highest BCUT2D eigenvalue weighted by Crippen LogP contribution is 2.43. The molecule has 4 rings (SSSR count). The quantitative estimate of drug-likeness (QED) is 0.613. The number of benzene rings is 1. The Morgan fingerprint density at radius 1 is 1.27 bits per heavy atom. The average Bonchev–Trinajstić information content (AvgIpc) is 3.01. The Labute approximate surface area is 126 Å². The van der Waals surface area contributed by atoms with E-state index in [1.807, 2.05) is 18.2 Å². The molecule has 1 aromatic carbocycles. The van der Waals surface area contributed by atoms with Crippen LogP contribution in [0.2, 0.25) is 0 Å². The highest BCUT2D eigenvalue weighted by Gasteiger charge is 2.31. The summed E-state index contributed by atoms with van der Waals surface area (Å²) in [4.78, 5) is 8.26. The lowest BCUT2D eigenvalue weighted by Crippen LogP contribution is -2.22. The molecule has 2 aliphatic rings. The van der Waals surface area contributed by atoms with Crippen molar-refractivity contribution in [1.29, 1.82) is 0 Å². The second-order valence-electron chi connectivity index (χ2n) is 5.32. The molecule has 1 aliphatic heterocycles. The molecule has 1 aliphatic carbocycles. The molecule has 112 valence electrons. The third-order valence-electron chi connectivity index (χ3n) is 4.06. The molecule has 0 saturated carbocycles. The number of fused-ring (bicyclic) bond motifs is 2. The van der Waals surface area contributed by atoms with E-state index in [1.165, 1.54) is 0 Å². The molecule has 7 heteroatoms. The number of hydrogen-bond donors (Lipinski definition) is 2. The van der Waals surface area contributed by atoms with Crippen LogP contribution >= 0.6 is 0 Å². The van der Waals surface area contributed by atoms with Gasteiger partial charge in [-0.25, -0.2) is 9.97 Å². The molecule has 1 unspecified atom stereocenters. The van der Waals surface area contributed by atoms with E-state index in [9.17, 15) is 5.21 Å². The largest absolute Gasteiger partial charge is 0.454 e. The van der Waals surface area contributed by atoms with Crippen molar-refractivity contribution in [3.8, 4) is 11.5 Å². The smallest absolute Gasteiger partial charge is 0.231 e. The van der Waals surface area contributed by atoms with Crippen LogP contribution in [0.15, 0.2) is 29.6 Å².